The van der Waals surface area contributed by atoms with E-state index in [1.807, 2.05) is 24.5 Å². The Morgan fingerprint density at radius 2 is 2.04 bits per heavy atom. The molecule has 0 saturated heterocycles. The summed E-state index contributed by atoms with van der Waals surface area (Å²) >= 11 is 0. The highest BCUT2D eigenvalue weighted by Gasteiger charge is 2.14. The van der Waals surface area contributed by atoms with Crippen molar-refractivity contribution < 1.29 is 13.2 Å². The van der Waals surface area contributed by atoms with Crippen molar-refractivity contribution in [2.75, 3.05) is 18.1 Å². The number of sulfonamides is 1. The second kappa shape index (κ2) is 6.36. The van der Waals surface area contributed by atoms with Gasteiger partial charge in [0.1, 0.15) is 5.75 Å². The van der Waals surface area contributed by atoms with Gasteiger partial charge in [0.25, 0.3) is 0 Å². The zero-order valence-corrected chi connectivity index (χ0v) is 15.4. The van der Waals surface area contributed by atoms with E-state index >= 15 is 0 Å². The number of ether oxygens (including phenoxy) is 1. The predicted molar refractivity (Wildman–Crippen MR) is 98.4 cm³/mol. The van der Waals surface area contributed by atoms with Gasteiger partial charge in [-0.25, -0.2) is 18.4 Å². The van der Waals surface area contributed by atoms with Gasteiger partial charge in [0.05, 0.1) is 48.5 Å². The van der Waals surface area contributed by atoms with Crippen LogP contribution in [0.15, 0.2) is 30.7 Å². The van der Waals surface area contributed by atoms with Crippen LogP contribution in [0.1, 0.15) is 12.5 Å². The molecule has 8 heteroatoms. The molecule has 25 heavy (non-hydrogen) atoms. The lowest BCUT2D eigenvalue weighted by molar-refractivity contribution is 0.417. The van der Waals surface area contributed by atoms with E-state index in [0.29, 0.717) is 11.4 Å². The zero-order chi connectivity index (χ0) is 18.2. The van der Waals surface area contributed by atoms with Gasteiger partial charge in [-0.2, -0.15) is 0 Å². The number of aromatic nitrogens is 3. The van der Waals surface area contributed by atoms with Crippen molar-refractivity contribution >= 4 is 26.6 Å². The summed E-state index contributed by atoms with van der Waals surface area (Å²) in [6.07, 6.45) is 4.67. The highest BCUT2D eigenvalue weighted by atomic mass is 32.2. The van der Waals surface area contributed by atoms with E-state index in [0.717, 1.165) is 40.7 Å². The predicted octanol–water partition coefficient (Wildman–Crippen LogP) is 2.81. The van der Waals surface area contributed by atoms with Crippen LogP contribution in [0.3, 0.4) is 0 Å². The van der Waals surface area contributed by atoms with E-state index in [9.17, 15) is 8.42 Å². The first-order valence-corrected chi connectivity index (χ1v) is 9.69. The van der Waals surface area contributed by atoms with E-state index in [4.69, 9.17) is 9.72 Å². The Balaban J connectivity index is 2.20. The number of pyridine rings is 1. The molecule has 1 aromatic carbocycles. The second-order valence-electron chi connectivity index (χ2n) is 5.83. The van der Waals surface area contributed by atoms with Crippen LogP contribution >= 0.6 is 0 Å². The highest BCUT2D eigenvalue weighted by molar-refractivity contribution is 7.92. The summed E-state index contributed by atoms with van der Waals surface area (Å²) in [7, 11) is -1.91. The molecule has 0 fully saturated rings. The van der Waals surface area contributed by atoms with Crippen molar-refractivity contribution in [3.8, 4) is 17.1 Å². The number of nitrogens with zero attached hydrogens (tertiary/aromatic N) is 3. The Morgan fingerprint density at radius 3 is 2.68 bits per heavy atom. The van der Waals surface area contributed by atoms with Crippen LogP contribution in [0.25, 0.3) is 22.3 Å². The fraction of sp³-hybridized carbons (Fsp3) is 0.294. The van der Waals surface area contributed by atoms with E-state index in [1.165, 1.54) is 7.11 Å². The maximum atomic E-state index is 11.6. The molecule has 0 aliphatic rings. The largest absolute Gasteiger partial charge is 0.494 e. The molecule has 1 N–H and O–H groups in total. The van der Waals surface area contributed by atoms with Crippen LogP contribution in [0.2, 0.25) is 0 Å². The molecule has 0 spiro atoms. The van der Waals surface area contributed by atoms with Gasteiger partial charge in [0, 0.05) is 18.0 Å². The van der Waals surface area contributed by atoms with Crippen molar-refractivity contribution in [1.29, 1.82) is 0 Å². The highest BCUT2D eigenvalue weighted by Crippen LogP contribution is 2.33. The second-order valence-corrected chi connectivity index (χ2v) is 7.58. The molecule has 7 nitrogen and oxygen atoms in total. The molecule has 0 unspecified atom stereocenters. The van der Waals surface area contributed by atoms with Gasteiger partial charge in [-0.05, 0) is 31.5 Å². The van der Waals surface area contributed by atoms with E-state index in [-0.39, 0.29) is 0 Å². The minimum Gasteiger partial charge on any atom is -0.494 e. The molecule has 0 aliphatic heterocycles. The first-order chi connectivity index (χ1) is 11.8. The van der Waals surface area contributed by atoms with Crippen LogP contribution in [-0.4, -0.2) is 36.3 Å². The molecule has 0 bridgehead atoms. The summed E-state index contributed by atoms with van der Waals surface area (Å²) in [5.41, 5.74) is 3.87. The van der Waals surface area contributed by atoms with Crippen molar-refractivity contribution in [2.24, 2.45) is 0 Å². The lowest BCUT2D eigenvalue weighted by Crippen LogP contribution is -2.10. The van der Waals surface area contributed by atoms with Crippen LogP contribution in [0.4, 0.5) is 5.69 Å². The number of methoxy groups -OCH3 is 1. The van der Waals surface area contributed by atoms with Gasteiger partial charge in [-0.3, -0.25) is 4.72 Å². The summed E-state index contributed by atoms with van der Waals surface area (Å²) in [4.78, 5) is 8.90. The molecule has 0 saturated carbocycles. The maximum Gasteiger partial charge on any atom is 0.229 e. The summed E-state index contributed by atoms with van der Waals surface area (Å²) in [6.45, 7) is 4.82. The van der Waals surface area contributed by atoms with Gasteiger partial charge >= 0.3 is 0 Å². The summed E-state index contributed by atoms with van der Waals surface area (Å²) in [5, 5.41) is 0.860. The van der Waals surface area contributed by atoms with Crippen molar-refractivity contribution in [1.82, 2.24) is 14.5 Å². The van der Waals surface area contributed by atoms with E-state index < -0.39 is 10.0 Å². The van der Waals surface area contributed by atoms with Gasteiger partial charge in [0.2, 0.25) is 10.0 Å². The number of nitrogens with one attached hydrogen (secondary N) is 1. The van der Waals surface area contributed by atoms with Crippen molar-refractivity contribution in [3.05, 3.63) is 36.3 Å². The number of hydrogen-bond donors (Lipinski definition) is 1. The van der Waals surface area contributed by atoms with Gasteiger partial charge in [0.15, 0.2) is 0 Å². The topological polar surface area (TPSA) is 86.1 Å². The number of fused-ring (bicyclic) bond motifs is 1. The van der Waals surface area contributed by atoms with E-state index in [2.05, 4.69) is 9.71 Å². The lowest BCUT2D eigenvalue weighted by Gasteiger charge is -2.13. The Labute approximate surface area is 146 Å². The molecular formula is C17H20N4O3S. The number of anilines is 1. The smallest absolute Gasteiger partial charge is 0.229 e. The monoisotopic (exact) mass is 360 g/mol. The molecule has 132 valence electrons. The molecule has 0 aliphatic carbocycles. The molecule has 0 amide bonds. The Morgan fingerprint density at radius 1 is 1.28 bits per heavy atom. The lowest BCUT2D eigenvalue weighted by atomic mass is 10.1. The third-order valence-electron chi connectivity index (χ3n) is 3.95. The molecule has 2 aromatic heterocycles. The third-order valence-corrected chi connectivity index (χ3v) is 4.54. The van der Waals surface area contributed by atoms with Gasteiger partial charge < -0.3 is 9.30 Å². The Hall–Kier alpha value is -2.61. The minimum atomic E-state index is -3.41. The quantitative estimate of drug-likeness (QED) is 0.756. The van der Waals surface area contributed by atoms with Crippen molar-refractivity contribution in [3.63, 3.8) is 0 Å². The minimum absolute atomic E-state index is 0.397. The maximum absolute atomic E-state index is 11.6. The number of aryl methyl sites for hydroxylation is 2. The number of benzene rings is 1. The van der Waals surface area contributed by atoms with Gasteiger partial charge in [-0.1, -0.05) is 0 Å². The SMILES string of the molecule is CCn1cncc1-c1cc(C)c2cc(NS(C)(=O)=O)c(OC)cc2n1. The molecular weight excluding hydrogens is 340 g/mol. The molecule has 0 radical (unpaired) electrons. The summed E-state index contributed by atoms with van der Waals surface area (Å²) in [6, 6.07) is 5.46. The Bertz CT molecular complexity index is 1040. The summed E-state index contributed by atoms with van der Waals surface area (Å²) < 4.78 is 33.0. The average Bonchev–Trinajstić information content (AvgIpc) is 3.02. The van der Waals surface area contributed by atoms with E-state index in [1.54, 1.807) is 24.7 Å². The fourth-order valence-corrected chi connectivity index (χ4v) is 3.35. The molecule has 3 aromatic rings. The molecule has 2 heterocycles. The third kappa shape index (κ3) is 3.43. The normalized spacial score (nSPS) is 11.7. The Kier molecular flexibility index (Phi) is 4.38. The standard InChI is InChI=1S/C17H20N4O3S/c1-5-21-10-18-9-16(21)14-6-11(2)12-7-15(20-25(4,22)23)17(24-3)8-13(12)19-14/h6-10,20H,5H2,1-4H3. The van der Waals surface area contributed by atoms with Crippen LogP contribution in [0, 0.1) is 6.92 Å². The summed E-state index contributed by atoms with van der Waals surface area (Å²) in [5.74, 6) is 0.422. The van der Waals surface area contributed by atoms with Crippen LogP contribution in [-0.2, 0) is 16.6 Å². The first kappa shape index (κ1) is 17.2. The molecule has 3 rings (SSSR count). The first-order valence-electron chi connectivity index (χ1n) is 7.80. The van der Waals surface area contributed by atoms with Crippen LogP contribution < -0.4 is 9.46 Å². The van der Waals surface area contributed by atoms with Gasteiger partial charge in [-0.15, -0.1) is 0 Å². The van der Waals surface area contributed by atoms with Crippen molar-refractivity contribution in [2.45, 2.75) is 20.4 Å². The molecule has 0 atom stereocenters. The average molecular weight is 360 g/mol. The number of hydrogen-bond acceptors (Lipinski definition) is 5. The number of rotatable bonds is 5. The zero-order valence-electron chi connectivity index (χ0n) is 14.6. The fourth-order valence-electron chi connectivity index (χ4n) is 2.79. The van der Waals surface area contributed by atoms with Crippen LogP contribution in [0.5, 0.6) is 5.75 Å². The number of imidazole rings is 1.